The number of amides is 1. The van der Waals surface area contributed by atoms with Gasteiger partial charge < -0.3 is 0 Å². The smallest absolute Gasteiger partial charge is 0.264 e. The van der Waals surface area contributed by atoms with E-state index in [4.69, 9.17) is 0 Å². The summed E-state index contributed by atoms with van der Waals surface area (Å²) in [7, 11) is -3.74. The van der Waals surface area contributed by atoms with Gasteiger partial charge in [-0.05, 0) is 37.5 Å². The van der Waals surface area contributed by atoms with Crippen molar-refractivity contribution in [3.63, 3.8) is 0 Å². The molecule has 0 atom stereocenters. The molecule has 5 heteroatoms. The minimum Gasteiger partial charge on any atom is -0.274 e. The molecular formula is C13H19NO3S. The monoisotopic (exact) mass is 269 g/mol. The first-order valence-corrected chi connectivity index (χ1v) is 7.48. The van der Waals surface area contributed by atoms with Crippen LogP contribution >= 0.6 is 0 Å². The van der Waals surface area contributed by atoms with E-state index in [2.05, 4.69) is 4.72 Å². The van der Waals surface area contributed by atoms with E-state index in [1.807, 2.05) is 19.9 Å². The van der Waals surface area contributed by atoms with Crippen molar-refractivity contribution in [2.75, 3.05) is 0 Å². The normalized spacial score (nSPS) is 11.3. The second-order valence-corrected chi connectivity index (χ2v) is 6.05. The third-order valence-corrected chi connectivity index (χ3v) is 4.15. The van der Waals surface area contributed by atoms with E-state index in [0.717, 1.165) is 12.0 Å². The van der Waals surface area contributed by atoms with E-state index in [0.29, 0.717) is 12.0 Å². The number of rotatable bonds is 5. The number of aryl methyl sites for hydroxylation is 2. The minimum atomic E-state index is -3.74. The molecule has 0 aliphatic carbocycles. The topological polar surface area (TPSA) is 63.2 Å². The Balaban J connectivity index is 2.93. The average molecular weight is 269 g/mol. The Labute approximate surface area is 108 Å². The van der Waals surface area contributed by atoms with Crippen molar-refractivity contribution in [3.05, 3.63) is 29.3 Å². The summed E-state index contributed by atoms with van der Waals surface area (Å²) < 4.78 is 26.2. The van der Waals surface area contributed by atoms with Gasteiger partial charge in [0.1, 0.15) is 0 Å². The van der Waals surface area contributed by atoms with Crippen molar-refractivity contribution < 1.29 is 13.2 Å². The molecule has 0 heterocycles. The SMILES string of the molecule is CCCCC(=O)NS(=O)(=O)c1cc(C)ccc1C. The molecule has 1 rings (SSSR count). The highest BCUT2D eigenvalue weighted by Gasteiger charge is 2.19. The molecule has 0 fully saturated rings. The van der Waals surface area contributed by atoms with Crippen molar-refractivity contribution in [1.82, 2.24) is 4.72 Å². The zero-order valence-electron chi connectivity index (χ0n) is 11.0. The van der Waals surface area contributed by atoms with E-state index < -0.39 is 15.9 Å². The quantitative estimate of drug-likeness (QED) is 0.892. The molecule has 4 nitrogen and oxygen atoms in total. The van der Waals surface area contributed by atoms with Crippen LogP contribution in [0.5, 0.6) is 0 Å². The van der Waals surface area contributed by atoms with E-state index >= 15 is 0 Å². The number of nitrogens with one attached hydrogen (secondary N) is 1. The molecule has 1 aromatic rings. The highest BCUT2D eigenvalue weighted by atomic mass is 32.2. The molecular weight excluding hydrogens is 250 g/mol. The fraction of sp³-hybridized carbons (Fsp3) is 0.462. The van der Waals surface area contributed by atoms with Gasteiger partial charge in [0.15, 0.2) is 0 Å². The summed E-state index contributed by atoms with van der Waals surface area (Å²) in [4.78, 5) is 11.7. The van der Waals surface area contributed by atoms with Gasteiger partial charge in [-0.2, -0.15) is 0 Å². The number of benzene rings is 1. The van der Waals surface area contributed by atoms with Crippen molar-refractivity contribution in [3.8, 4) is 0 Å². The van der Waals surface area contributed by atoms with Gasteiger partial charge in [0.2, 0.25) is 5.91 Å². The maximum atomic E-state index is 12.0. The molecule has 0 aromatic heterocycles. The Morgan fingerprint density at radius 3 is 2.56 bits per heavy atom. The molecule has 1 N–H and O–H groups in total. The highest BCUT2D eigenvalue weighted by Crippen LogP contribution is 2.16. The van der Waals surface area contributed by atoms with Crippen molar-refractivity contribution >= 4 is 15.9 Å². The summed E-state index contributed by atoms with van der Waals surface area (Å²) in [5, 5.41) is 0. The second-order valence-electron chi connectivity index (χ2n) is 4.40. The van der Waals surface area contributed by atoms with Crippen LogP contribution in [0.3, 0.4) is 0 Å². The average Bonchev–Trinajstić information content (AvgIpc) is 2.29. The van der Waals surface area contributed by atoms with Crippen LogP contribution in [0.4, 0.5) is 0 Å². The van der Waals surface area contributed by atoms with Gasteiger partial charge in [-0.1, -0.05) is 25.5 Å². The van der Waals surface area contributed by atoms with Crippen LogP contribution in [0.1, 0.15) is 37.3 Å². The lowest BCUT2D eigenvalue weighted by molar-refractivity contribution is -0.119. The van der Waals surface area contributed by atoms with Gasteiger partial charge in [0.25, 0.3) is 10.0 Å². The van der Waals surface area contributed by atoms with Crippen molar-refractivity contribution in [2.24, 2.45) is 0 Å². The first kappa shape index (κ1) is 14.7. The second kappa shape index (κ2) is 6.00. The van der Waals surface area contributed by atoms with Crippen LogP contribution in [0.2, 0.25) is 0 Å². The Morgan fingerprint density at radius 1 is 1.28 bits per heavy atom. The zero-order valence-corrected chi connectivity index (χ0v) is 11.8. The molecule has 0 saturated heterocycles. The molecule has 18 heavy (non-hydrogen) atoms. The molecule has 0 radical (unpaired) electrons. The number of unbranched alkanes of at least 4 members (excludes halogenated alkanes) is 1. The van der Waals surface area contributed by atoms with Crippen LogP contribution in [0, 0.1) is 13.8 Å². The molecule has 0 unspecified atom stereocenters. The first-order valence-electron chi connectivity index (χ1n) is 5.99. The molecule has 0 aliphatic heterocycles. The van der Waals surface area contributed by atoms with Gasteiger partial charge >= 0.3 is 0 Å². The minimum absolute atomic E-state index is 0.173. The summed E-state index contributed by atoms with van der Waals surface area (Å²) in [6, 6.07) is 5.15. The zero-order chi connectivity index (χ0) is 13.8. The maximum absolute atomic E-state index is 12.0. The van der Waals surface area contributed by atoms with Crippen LogP contribution in [0.25, 0.3) is 0 Å². The summed E-state index contributed by atoms with van der Waals surface area (Å²) in [5.74, 6) is -0.447. The summed E-state index contributed by atoms with van der Waals surface area (Å²) in [6.07, 6.45) is 1.78. The number of hydrogen-bond donors (Lipinski definition) is 1. The fourth-order valence-corrected chi connectivity index (χ4v) is 2.93. The largest absolute Gasteiger partial charge is 0.274 e. The standard InChI is InChI=1S/C13H19NO3S/c1-4-5-6-13(15)14-18(16,17)12-9-10(2)7-8-11(12)3/h7-9H,4-6H2,1-3H3,(H,14,15). The number of sulfonamides is 1. The first-order chi connectivity index (χ1) is 8.36. The van der Waals surface area contributed by atoms with Crippen molar-refractivity contribution in [2.45, 2.75) is 44.9 Å². The maximum Gasteiger partial charge on any atom is 0.264 e. The summed E-state index contributed by atoms with van der Waals surface area (Å²) >= 11 is 0. The molecule has 1 aromatic carbocycles. The number of hydrogen-bond acceptors (Lipinski definition) is 3. The molecule has 100 valence electrons. The third kappa shape index (κ3) is 3.84. The molecule has 1 amide bonds. The molecule has 0 bridgehead atoms. The summed E-state index contributed by atoms with van der Waals surface area (Å²) in [6.45, 7) is 5.48. The number of carbonyl (C=O) groups is 1. The molecule has 0 saturated carbocycles. The third-order valence-electron chi connectivity index (χ3n) is 2.64. The fourth-order valence-electron chi connectivity index (χ4n) is 1.59. The van der Waals surface area contributed by atoms with E-state index in [1.54, 1.807) is 19.1 Å². The van der Waals surface area contributed by atoms with Crippen molar-refractivity contribution in [1.29, 1.82) is 0 Å². The lowest BCUT2D eigenvalue weighted by atomic mass is 10.2. The van der Waals surface area contributed by atoms with Gasteiger partial charge in [0.05, 0.1) is 4.90 Å². The van der Waals surface area contributed by atoms with Crippen LogP contribution < -0.4 is 4.72 Å². The van der Waals surface area contributed by atoms with Gasteiger partial charge in [-0.3, -0.25) is 4.79 Å². The van der Waals surface area contributed by atoms with Gasteiger partial charge in [0, 0.05) is 6.42 Å². The van der Waals surface area contributed by atoms with Gasteiger partial charge in [-0.25, -0.2) is 13.1 Å². The number of carbonyl (C=O) groups excluding carboxylic acids is 1. The van der Waals surface area contributed by atoms with E-state index in [-0.39, 0.29) is 11.3 Å². The van der Waals surface area contributed by atoms with Crippen LogP contribution in [-0.4, -0.2) is 14.3 Å². The summed E-state index contributed by atoms with van der Waals surface area (Å²) in [5.41, 5.74) is 1.48. The Morgan fingerprint density at radius 2 is 1.94 bits per heavy atom. The highest BCUT2D eigenvalue weighted by molar-refractivity contribution is 7.90. The van der Waals surface area contributed by atoms with E-state index in [1.165, 1.54) is 0 Å². The Bertz CT molecular complexity index is 535. The lowest BCUT2D eigenvalue weighted by Crippen LogP contribution is -2.30. The van der Waals surface area contributed by atoms with E-state index in [9.17, 15) is 13.2 Å². The van der Waals surface area contributed by atoms with Gasteiger partial charge in [-0.15, -0.1) is 0 Å². The predicted octanol–water partition coefficient (Wildman–Crippen LogP) is 2.30. The Hall–Kier alpha value is -1.36. The predicted molar refractivity (Wildman–Crippen MR) is 70.8 cm³/mol. The Kier molecular flexibility index (Phi) is 4.90. The molecule has 0 aliphatic rings. The molecule has 0 spiro atoms. The lowest BCUT2D eigenvalue weighted by Gasteiger charge is -2.09. The van der Waals surface area contributed by atoms with Crippen LogP contribution in [0.15, 0.2) is 23.1 Å². The van der Waals surface area contributed by atoms with Crippen LogP contribution in [-0.2, 0) is 14.8 Å².